The van der Waals surface area contributed by atoms with Crippen molar-refractivity contribution in [3.63, 3.8) is 0 Å². The Bertz CT molecular complexity index is 1150. The molecule has 1 saturated heterocycles. The Kier molecular flexibility index (Phi) is 6.34. The lowest BCUT2D eigenvalue weighted by atomic mass is 10.1. The van der Waals surface area contributed by atoms with E-state index in [0.29, 0.717) is 22.8 Å². The fourth-order valence-electron chi connectivity index (χ4n) is 3.46. The SMILES string of the molecule is O=C1C[C@@H](C(=O)Nc2cc(-c3cccc(OCCC(F)(F)F)c3)n(-c3ccccc3)n2)CN1. The predicted octanol–water partition coefficient (Wildman–Crippen LogP) is 3.95. The summed E-state index contributed by atoms with van der Waals surface area (Å²) in [5.74, 6) is -0.386. The van der Waals surface area contributed by atoms with Gasteiger partial charge in [0.2, 0.25) is 11.8 Å². The van der Waals surface area contributed by atoms with Gasteiger partial charge in [0.05, 0.1) is 30.3 Å². The van der Waals surface area contributed by atoms with Crippen molar-refractivity contribution in [2.75, 3.05) is 18.5 Å². The highest BCUT2D eigenvalue weighted by Gasteiger charge is 2.29. The Balaban J connectivity index is 1.61. The Hall–Kier alpha value is -3.82. The maximum atomic E-state index is 12.5. The molecule has 0 saturated carbocycles. The third kappa shape index (κ3) is 5.71. The van der Waals surface area contributed by atoms with Crippen molar-refractivity contribution in [1.29, 1.82) is 0 Å². The van der Waals surface area contributed by atoms with Crippen molar-refractivity contribution in [1.82, 2.24) is 15.1 Å². The van der Waals surface area contributed by atoms with Gasteiger partial charge in [-0.3, -0.25) is 9.59 Å². The minimum Gasteiger partial charge on any atom is -0.493 e. The van der Waals surface area contributed by atoms with E-state index >= 15 is 0 Å². The molecule has 0 bridgehead atoms. The van der Waals surface area contributed by atoms with Crippen LogP contribution in [-0.2, 0) is 9.59 Å². The summed E-state index contributed by atoms with van der Waals surface area (Å²) in [6.07, 6.45) is -5.22. The van der Waals surface area contributed by atoms with Gasteiger partial charge in [0.15, 0.2) is 5.82 Å². The molecule has 172 valence electrons. The number of ether oxygens (including phenoxy) is 1. The first kappa shape index (κ1) is 22.4. The molecule has 1 aromatic heterocycles. The summed E-state index contributed by atoms with van der Waals surface area (Å²) in [6, 6.07) is 17.5. The summed E-state index contributed by atoms with van der Waals surface area (Å²) in [5.41, 5.74) is 1.99. The monoisotopic (exact) mass is 458 g/mol. The van der Waals surface area contributed by atoms with Crippen molar-refractivity contribution < 1.29 is 27.5 Å². The van der Waals surface area contributed by atoms with Gasteiger partial charge in [-0.15, -0.1) is 5.10 Å². The Morgan fingerprint density at radius 1 is 1.15 bits per heavy atom. The van der Waals surface area contributed by atoms with Crippen molar-refractivity contribution in [2.45, 2.75) is 19.0 Å². The van der Waals surface area contributed by atoms with Crippen LogP contribution in [0.2, 0.25) is 0 Å². The van der Waals surface area contributed by atoms with Gasteiger partial charge in [-0.1, -0.05) is 30.3 Å². The van der Waals surface area contributed by atoms with E-state index in [0.717, 1.165) is 5.69 Å². The molecule has 3 aromatic rings. The number of nitrogens with zero attached hydrogens (tertiary/aromatic N) is 2. The van der Waals surface area contributed by atoms with E-state index in [1.807, 2.05) is 30.3 Å². The van der Waals surface area contributed by atoms with Crippen molar-refractivity contribution in [2.24, 2.45) is 5.92 Å². The number of nitrogens with one attached hydrogen (secondary N) is 2. The molecular weight excluding hydrogens is 437 g/mol. The second-order valence-electron chi connectivity index (χ2n) is 7.60. The molecule has 2 N–H and O–H groups in total. The van der Waals surface area contributed by atoms with E-state index in [-0.39, 0.29) is 24.8 Å². The van der Waals surface area contributed by atoms with E-state index < -0.39 is 25.1 Å². The number of halogens is 3. The molecule has 2 amide bonds. The van der Waals surface area contributed by atoms with Gasteiger partial charge in [0.1, 0.15) is 5.75 Å². The quantitative estimate of drug-likeness (QED) is 0.562. The fraction of sp³-hybridized carbons (Fsp3) is 0.261. The first-order valence-corrected chi connectivity index (χ1v) is 10.3. The zero-order chi connectivity index (χ0) is 23.4. The number of aromatic nitrogens is 2. The number of hydrogen-bond donors (Lipinski definition) is 2. The van der Waals surface area contributed by atoms with Gasteiger partial charge in [0.25, 0.3) is 0 Å². The van der Waals surface area contributed by atoms with Crippen molar-refractivity contribution in [3.8, 4) is 22.7 Å². The lowest BCUT2D eigenvalue weighted by Gasteiger charge is -2.11. The molecule has 1 aliphatic heterocycles. The first-order chi connectivity index (χ1) is 15.8. The summed E-state index contributed by atoms with van der Waals surface area (Å²) in [4.78, 5) is 24.0. The Morgan fingerprint density at radius 3 is 2.64 bits per heavy atom. The van der Waals surface area contributed by atoms with Crippen LogP contribution >= 0.6 is 0 Å². The minimum absolute atomic E-state index is 0.120. The van der Waals surface area contributed by atoms with Crippen LogP contribution in [-0.4, -0.2) is 40.9 Å². The number of carbonyl (C=O) groups is 2. The van der Waals surface area contributed by atoms with Crippen LogP contribution in [0.25, 0.3) is 16.9 Å². The fourth-order valence-corrected chi connectivity index (χ4v) is 3.46. The Labute approximate surface area is 187 Å². The molecule has 7 nitrogen and oxygen atoms in total. The molecule has 2 heterocycles. The lowest BCUT2D eigenvalue weighted by molar-refractivity contribution is -0.139. The van der Waals surface area contributed by atoms with Crippen molar-refractivity contribution in [3.05, 3.63) is 60.7 Å². The van der Waals surface area contributed by atoms with E-state index in [9.17, 15) is 22.8 Å². The number of amides is 2. The summed E-state index contributed by atoms with van der Waals surface area (Å²) in [5, 5.41) is 9.88. The molecule has 0 unspecified atom stereocenters. The molecule has 33 heavy (non-hydrogen) atoms. The summed E-state index contributed by atoms with van der Waals surface area (Å²) >= 11 is 0. The topological polar surface area (TPSA) is 85.2 Å². The largest absolute Gasteiger partial charge is 0.493 e. The number of rotatable bonds is 7. The third-order valence-electron chi connectivity index (χ3n) is 5.09. The van der Waals surface area contributed by atoms with Crippen LogP contribution in [0, 0.1) is 5.92 Å². The number of benzene rings is 2. The molecule has 0 aliphatic carbocycles. The van der Waals surface area contributed by atoms with Crippen LogP contribution < -0.4 is 15.4 Å². The van der Waals surface area contributed by atoms with E-state index in [1.165, 1.54) is 0 Å². The maximum absolute atomic E-state index is 12.5. The molecule has 4 rings (SSSR count). The lowest BCUT2D eigenvalue weighted by Crippen LogP contribution is -2.24. The molecular formula is C23H21F3N4O3. The molecule has 0 spiro atoms. The van der Waals surface area contributed by atoms with Gasteiger partial charge in [0, 0.05) is 24.6 Å². The van der Waals surface area contributed by atoms with Crippen LogP contribution in [0.5, 0.6) is 5.75 Å². The van der Waals surface area contributed by atoms with E-state index in [2.05, 4.69) is 15.7 Å². The van der Waals surface area contributed by atoms with E-state index in [1.54, 1.807) is 35.0 Å². The average molecular weight is 458 g/mol. The van der Waals surface area contributed by atoms with Crippen LogP contribution in [0.3, 0.4) is 0 Å². The van der Waals surface area contributed by atoms with Gasteiger partial charge >= 0.3 is 6.18 Å². The second kappa shape index (κ2) is 9.35. The van der Waals surface area contributed by atoms with Crippen LogP contribution in [0.15, 0.2) is 60.7 Å². The molecule has 1 atom stereocenters. The van der Waals surface area contributed by atoms with Gasteiger partial charge in [-0.25, -0.2) is 4.68 Å². The van der Waals surface area contributed by atoms with Crippen molar-refractivity contribution >= 4 is 17.6 Å². The Morgan fingerprint density at radius 2 is 1.94 bits per heavy atom. The van der Waals surface area contributed by atoms with Crippen LogP contribution in [0.4, 0.5) is 19.0 Å². The predicted molar refractivity (Wildman–Crippen MR) is 115 cm³/mol. The summed E-state index contributed by atoms with van der Waals surface area (Å²) in [6.45, 7) is -0.214. The second-order valence-corrected chi connectivity index (χ2v) is 7.60. The zero-order valence-electron chi connectivity index (χ0n) is 17.4. The highest BCUT2D eigenvalue weighted by atomic mass is 19.4. The minimum atomic E-state index is -4.30. The third-order valence-corrected chi connectivity index (χ3v) is 5.09. The molecule has 0 radical (unpaired) electrons. The first-order valence-electron chi connectivity index (χ1n) is 10.3. The number of alkyl halides is 3. The standard InChI is InChI=1S/C23H21F3N4O3/c24-23(25,26)9-10-33-18-8-4-5-15(11-18)19-13-20(28-22(32)16-12-21(31)27-14-16)29-30(19)17-6-2-1-3-7-17/h1-8,11,13,16H,9-10,12,14H2,(H,27,31)(H,28,29,32)/t16-/m1/s1. The van der Waals surface area contributed by atoms with Gasteiger partial charge < -0.3 is 15.4 Å². The highest BCUT2D eigenvalue weighted by Crippen LogP contribution is 2.29. The number of anilines is 1. The summed E-state index contributed by atoms with van der Waals surface area (Å²) < 4.78 is 44.2. The number of para-hydroxylation sites is 1. The molecule has 1 fully saturated rings. The van der Waals surface area contributed by atoms with Gasteiger partial charge in [-0.05, 0) is 24.3 Å². The highest BCUT2D eigenvalue weighted by molar-refractivity contribution is 5.97. The zero-order valence-corrected chi connectivity index (χ0v) is 17.4. The molecule has 10 heteroatoms. The smallest absolute Gasteiger partial charge is 0.392 e. The number of carbonyl (C=O) groups excluding carboxylic acids is 2. The normalized spacial score (nSPS) is 15.8. The number of hydrogen-bond acceptors (Lipinski definition) is 4. The van der Waals surface area contributed by atoms with E-state index in [4.69, 9.17) is 4.74 Å². The molecule has 1 aliphatic rings. The van der Waals surface area contributed by atoms with Gasteiger partial charge in [-0.2, -0.15) is 13.2 Å². The molecule has 2 aromatic carbocycles. The average Bonchev–Trinajstić information content (AvgIpc) is 3.40. The van der Waals surface area contributed by atoms with Crippen LogP contribution in [0.1, 0.15) is 12.8 Å². The maximum Gasteiger partial charge on any atom is 0.392 e. The summed E-state index contributed by atoms with van der Waals surface area (Å²) in [7, 11) is 0.